The number of thiazole rings is 1. The van der Waals surface area contributed by atoms with Gasteiger partial charge in [-0.15, -0.1) is 11.3 Å². The number of amides is 2. The number of piperidine rings is 1. The topological polar surface area (TPSA) is 48.5 Å². The molecule has 4 rings (SSSR count). The van der Waals surface area contributed by atoms with Crippen molar-refractivity contribution >= 4 is 17.4 Å². The van der Waals surface area contributed by atoms with Gasteiger partial charge in [0, 0.05) is 24.7 Å². The summed E-state index contributed by atoms with van der Waals surface area (Å²) in [6.45, 7) is 8.28. The van der Waals surface area contributed by atoms with Crippen LogP contribution in [-0.4, -0.2) is 53.0 Å². The maximum absolute atomic E-state index is 12.8. The van der Waals surface area contributed by atoms with E-state index in [4.69, 9.17) is 4.98 Å². The largest absolute Gasteiger partial charge is 0.331 e. The van der Waals surface area contributed by atoms with Crippen molar-refractivity contribution in [1.29, 1.82) is 0 Å². The van der Waals surface area contributed by atoms with Crippen molar-refractivity contribution in [2.24, 2.45) is 0 Å². The van der Waals surface area contributed by atoms with Crippen LogP contribution >= 0.6 is 11.3 Å². The SMILES string of the molecule is Cc1nc(-c2ccccc2)sc1C(C)NC(=O)N1CCC(N2CCCC2)CC1. The molecule has 2 saturated heterocycles. The molecule has 2 aromatic rings. The number of carbonyl (C=O) groups is 1. The Morgan fingerprint density at radius 2 is 1.82 bits per heavy atom. The second-order valence-electron chi connectivity index (χ2n) is 7.97. The maximum atomic E-state index is 12.8. The van der Waals surface area contributed by atoms with E-state index >= 15 is 0 Å². The molecule has 1 aromatic heterocycles. The molecule has 5 nitrogen and oxygen atoms in total. The average Bonchev–Trinajstić information content (AvgIpc) is 3.39. The van der Waals surface area contributed by atoms with E-state index in [2.05, 4.69) is 29.3 Å². The molecule has 2 fully saturated rings. The lowest BCUT2D eigenvalue weighted by molar-refractivity contribution is 0.132. The van der Waals surface area contributed by atoms with Crippen LogP contribution in [0.1, 0.15) is 49.2 Å². The van der Waals surface area contributed by atoms with E-state index in [0.29, 0.717) is 6.04 Å². The zero-order valence-corrected chi connectivity index (χ0v) is 17.7. The highest BCUT2D eigenvalue weighted by Crippen LogP contribution is 2.32. The lowest BCUT2D eigenvalue weighted by Gasteiger charge is -2.37. The predicted octanol–water partition coefficient (Wildman–Crippen LogP) is 4.45. The third-order valence-electron chi connectivity index (χ3n) is 6.00. The Morgan fingerprint density at radius 1 is 1.14 bits per heavy atom. The summed E-state index contributed by atoms with van der Waals surface area (Å²) in [4.78, 5) is 23.2. The molecular formula is C22H30N4OS. The summed E-state index contributed by atoms with van der Waals surface area (Å²) in [7, 11) is 0. The highest BCUT2D eigenvalue weighted by atomic mass is 32.1. The summed E-state index contributed by atoms with van der Waals surface area (Å²) in [5, 5.41) is 4.21. The zero-order valence-electron chi connectivity index (χ0n) is 16.9. The highest BCUT2D eigenvalue weighted by molar-refractivity contribution is 7.15. The van der Waals surface area contributed by atoms with Gasteiger partial charge in [-0.05, 0) is 52.6 Å². The van der Waals surface area contributed by atoms with Crippen molar-refractivity contribution in [3.05, 3.63) is 40.9 Å². The Bertz CT molecular complexity index is 792. The second-order valence-corrected chi connectivity index (χ2v) is 9.00. The summed E-state index contributed by atoms with van der Waals surface area (Å²) in [5.41, 5.74) is 2.13. The number of aryl methyl sites for hydroxylation is 1. The van der Waals surface area contributed by atoms with Gasteiger partial charge in [0.05, 0.1) is 16.6 Å². The molecule has 1 unspecified atom stereocenters. The summed E-state index contributed by atoms with van der Waals surface area (Å²) in [5.74, 6) is 0. The highest BCUT2D eigenvalue weighted by Gasteiger charge is 2.29. The summed E-state index contributed by atoms with van der Waals surface area (Å²) in [6, 6.07) is 10.9. The minimum absolute atomic E-state index is 0.0289. The smallest absolute Gasteiger partial charge is 0.317 e. The number of likely N-dealkylation sites (tertiary alicyclic amines) is 2. The number of aromatic nitrogens is 1. The fourth-order valence-corrected chi connectivity index (χ4v) is 5.47. The van der Waals surface area contributed by atoms with E-state index in [1.807, 2.05) is 30.0 Å². The number of hydrogen-bond donors (Lipinski definition) is 1. The summed E-state index contributed by atoms with van der Waals surface area (Å²) in [6.07, 6.45) is 4.86. The van der Waals surface area contributed by atoms with Crippen LogP contribution in [0.3, 0.4) is 0 Å². The number of hydrogen-bond acceptors (Lipinski definition) is 4. The molecule has 0 spiro atoms. The number of urea groups is 1. The minimum atomic E-state index is -0.0289. The van der Waals surface area contributed by atoms with Crippen LogP contribution < -0.4 is 5.32 Å². The summed E-state index contributed by atoms with van der Waals surface area (Å²) >= 11 is 1.68. The first kappa shape index (κ1) is 19.4. The first-order valence-corrected chi connectivity index (χ1v) is 11.3. The van der Waals surface area contributed by atoms with Crippen LogP contribution in [0.2, 0.25) is 0 Å². The van der Waals surface area contributed by atoms with Crippen LogP contribution in [0.25, 0.3) is 10.6 Å². The van der Waals surface area contributed by atoms with E-state index < -0.39 is 0 Å². The van der Waals surface area contributed by atoms with E-state index in [0.717, 1.165) is 47.1 Å². The first-order chi connectivity index (χ1) is 13.6. The van der Waals surface area contributed by atoms with Gasteiger partial charge in [0.1, 0.15) is 5.01 Å². The molecule has 1 atom stereocenters. The molecule has 0 radical (unpaired) electrons. The van der Waals surface area contributed by atoms with Crippen molar-refractivity contribution in [2.75, 3.05) is 26.2 Å². The van der Waals surface area contributed by atoms with Gasteiger partial charge in [-0.3, -0.25) is 0 Å². The maximum Gasteiger partial charge on any atom is 0.317 e. The second kappa shape index (κ2) is 8.62. The third kappa shape index (κ3) is 4.23. The van der Waals surface area contributed by atoms with Crippen LogP contribution in [0.15, 0.2) is 30.3 Å². The molecule has 2 aliphatic heterocycles. The van der Waals surface area contributed by atoms with Gasteiger partial charge in [0.2, 0.25) is 0 Å². The monoisotopic (exact) mass is 398 g/mol. The molecule has 1 aromatic carbocycles. The van der Waals surface area contributed by atoms with Crippen molar-refractivity contribution in [3.63, 3.8) is 0 Å². The molecule has 0 saturated carbocycles. The first-order valence-electron chi connectivity index (χ1n) is 10.4. The van der Waals surface area contributed by atoms with Gasteiger partial charge in [0.25, 0.3) is 0 Å². The Morgan fingerprint density at radius 3 is 2.50 bits per heavy atom. The molecular weight excluding hydrogens is 368 g/mol. The average molecular weight is 399 g/mol. The molecule has 3 heterocycles. The standard InChI is InChI=1S/C22H30N4OS/c1-16-20(28-21(23-16)18-8-4-3-5-9-18)17(2)24-22(27)26-14-10-19(11-15-26)25-12-6-7-13-25/h3-5,8-9,17,19H,6-7,10-15H2,1-2H3,(H,24,27). The summed E-state index contributed by atoms with van der Waals surface area (Å²) < 4.78 is 0. The van der Waals surface area contributed by atoms with E-state index in [-0.39, 0.29) is 12.1 Å². The fourth-order valence-electron chi connectivity index (χ4n) is 4.40. The van der Waals surface area contributed by atoms with Crippen LogP contribution in [0, 0.1) is 6.92 Å². The predicted molar refractivity (Wildman–Crippen MR) is 115 cm³/mol. The Balaban J connectivity index is 1.34. The van der Waals surface area contributed by atoms with Crippen molar-refractivity contribution in [1.82, 2.24) is 20.1 Å². The van der Waals surface area contributed by atoms with Gasteiger partial charge in [-0.25, -0.2) is 9.78 Å². The molecule has 0 bridgehead atoms. The Hall–Kier alpha value is -1.92. The van der Waals surface area contributed by atoms with Gasteiger partial charge < -0.3 is 15.1 Å². The van der Waals surface area contributed by atoms with E-state index in [9.17, 15) is 4.79 Å². The molecule has 1 N–H and O–H groups in total. The number of rotatable bonds is 4. The van der Waals surface area contributed by atoms with Crippen LogP contribution in [0.5, 0.6) is 0 Å². The van der Waals surface area contributed by atoms with Gasteiger partial charge in [-0.2, -0.15) is 0 Å². The molecule has 150 valence electrons. The van der Waals surface area contributed by atoms with Gasteiger partial charge in [-0.1, -0.05) is 30.3 Å². The van der Waals surface area contributed by atoms with Crippen LogP contribution in [0.4, 0.5) is 4.79 Å². The zero-order chi connectivity index (χ0) is 19.5. The Kier molecular flexibility index (Phi) is 5.97. The van der Waals surface area contributed by atoms with Crippen molar-refractivity contribution < 1.29 is 4.79 Å². The Labute approximate surface area is 171 Å². The lowest BCUT2D eigenvalue weighted by atomic mass is 10.0. The van der Waals surface area contributed by atoms with Gasteiger partial charge >= 0.3 is 6.03 Å². The van der Waals surface area contributed by atoms with Crippen molar-refractivity contribution in [3.8, 4) is 10.6 Å². The number of nitrogens with zero attached hydrogens (tertiary/aromatic N) is 3. The molecule has 2 amide bonds. The number of benzene rings is 1. The van der Waals surface area contributed by atoms with E-state index in [1.165, 1.54) is 25.9 Å². The number of nitrogens with one attached hydrogen (secondary N) is 1. The van der Waals surface area contributed by atoms with E-state index in [1.54, 1.807) is 11.3 Å². The quantitative estimate of drug-likeness (QED) is 0.828. The fraction of sp³-hybridized carbons (Fsp3) is 0.545. The van der Waals surface area contributed by atoms with Crippen LogP contribution in [-0.2, 0) is 0 Å². The molecule has 28 heavy (non-hydrogen) atoms. The third-order valence-corrected chi connectivity index (χ3v) is 7.38. The lowest BCUT2D eigenvalue weighted by Crippen LogP contribution is -2.49. The van der Waals surface area contributed by atoms with Crippen molar-refractivity contribution in [2.45, 2.75) is 51.6 Å². The molecule has 2 aliphatic rings. The van der Waals surface area contributed by atoms with Gasteiger partial charge in [0.15, 0.2) is 0 Å². The number of carbonyl (C=O) groups excluding carboxylic acids is 1. The minimum Gasteiger partial charge on any atom is -0.331 e. The molecule has 0 aliphatic carbocycles. The normalized spacial score (nSPS) is 19.7. The molecule has 6 heteroatoms.